The van der Waals surface area contributed by atoms with Crippen LogP contribution in [0.2, 0.25) is 0 Å². The van der Waals surface area contributed by atoms with E-state index in [2.05, 4.69) is 5.10 Å². The van der Waals surface area contributed by atoms with E-state index < -0.39 is 6.17 Å². The molecule has 0 aromatic carbocycles. The van der Waals surface area contributed by atoms with E-state index >= 15 is 0 Å². The highest BCUT2D eigenvalue weighted by atomic mass is 19.1. The number of hydrogen-bond donors (Lipinski definition) is 0. The van der Waals surface area contributed by atoms with Crippen LogP contribution in [-0.4, -0.2) is 34.3 Å². The highest BCUT2D eigenvalue weighted by Gasteiger charge is 2.52. The number of rotatable bonds is 3. The Bertz CT molecular complexity index is 502. The Labute approximate surface area is 126 Å². The molecule has 0 radical (unpaired) electrons. The minimum Gasteiger partial charge on any atom is -0.399 e. The first kappa shape index (κ1) is 15.0. The zero-order valence-corrected chi connectivity index (χ0v) is 13.3. The van der Waals surface area contributed by atoms with Crippen molar-refractivity contribution in [3.63, 3.8) is 0 Å². The molecule has 6 heteroatoms. The van der Waals surface area contributed by atoms with E-state index in [0.29, 0.717) is 18.8 Å². The molecule has 1 aromatic heterocycles. The zero-order valence-electron chi connectivity index (χ0n) is 13.3. The molecular formula is C15H24BFN2O2. The lowest BCUT2D eigenvalue weighted by Gasteiger charge is -2.32. The first-order valence-corrected chi connectivity index (χ1v) is 7.79. The molecule has 1 aliphatic carbocycles. The minimum absolute atomic E-state index is 0.341. The van der Waals surface area contributed by atoms with Gasteiger partial charge in [-0.05, 0) is 52.9 Å². The van der Waals surface area contributed by atoms with Crippen LogP contribution in [0.5, 0.6) is 0 Å². The van der Waals surface area contributed by atoms with Gasteiger partial charge in [0.15, 0.2) is 0 Å². The third-order valence-corrected chi connectivity index (χ3v) is 5.10. The Hall–Kier alpha value is -0.875. The summed E-state index contributed by atoms with van der Waals surface area (Å²) in [5.41, 5.74) is 0.253. The smallest absolute Gasteiger partial charge is 0.399 e. The molecular weight excluding hydrogens is 270 g/mol. The number of alkyl halides is 1. The molecule has 1 aromatic rings. The molecule has 0 amide bonds. The van der Waals surface area contributed by atoms with Crippen LogP contribution in [0.4, 0.5) is 4.39 Å². The summed E-state index contributed by atoms with van der Waals surface area (Å²) in [4.78, 5) is 0. The number of aromatic nitrogens is 2. The Morgan fingerprint density at radius 1 is 1.29 bits per heavy atom. The molecule has 2 atom stereocenters. The average molecular weight is 294 g/mol. The van der Waals surface area contributed by atoms with Crippen LogP contribution in [0, 0.1) is 5.92 Å². The average Bonchev–Trinajstić information content (AvgIpc) is 3.01. The van der Waals surface area contributed by atoms with Crippen molar-refractivity contribution in [2.45, 2.75) is 70.9 Å². The maximum atomic E-state index is 13.2. The van der Waals surface area contributed by atoms with Crippen molar-refractivity contribution in [2.24, 2.45) is 5.92 Å². The summed E-state index contributed by atoms with van der Waals surface area (Å²) in [6, 6.07) is 0. The van der Waals surface area contributed by atoms with Crippen molar-refractivity contribution in [1.82, 2.24) is 9.78 Å². The monoisotopic (exact) mass is 294 g/mol. The standard InChI is InChI=1S/C15H24BFN2O2/c1-14(2)15(3,4)21-16(20-14)12-8-18-19(10-12)9-11-5-6-13(17)7-11/h8,10-11,13H,5-7,9H2,1-4H3. The molecule has 2 unspecified atom stereocenters. The maximum Gasteiger partial charge on any atom is 0.498 e. The fraction of sp³-hybridized carbons (Fsp3) is 0.800. The van der Waals surface area contributed by atoms with E-state index in [0.717, 1.165) is 18.4 Å². The molecule has 0 N–H and O–H groups in total. The number of nitrogens with zero attached hydrogens (tertiary/aromatic N) is 2. The fourth-order valence-electron chi connectivity index (χ4n) is 3.02. The van der Waals surface area contributed by atoms with Crippen LogP contribution < -0.4 is 5.46 Å². The number of halogens is 1. The molecule has 0 spiro atoms. The SMILES string of the molecule is CC1(C)OB(c2cnn(CC3CCC(F)C3)c2)OC1(C)C. The van der Waals surface area contributed by atoms with Crippen molar-refractivity contribution >= 4 is 12.6 Å². The van der Waals surface area contributed by atoms with Gasteiger partial charge in [0.25, 0.3) is 0 Å². The second-order valence-corrected chi connectivity index (χ2v) is 7.36. The van der Waals surface area contributed by atoms with Crippen LogP contribution >= 0.6 is 0 Å². The summed E-state index contributed by atoms with van der Waals surface area (Å²) in [6.45, 7) is 8.93. The quantitative estimate of drug-likeness (QED) is 0.803. The highest BCUT2D eigenvalue weighted by Crippen LogP contribution is 2.36. The van der Waals surface area contributed by atoms with E-state index in [1.54, 1.807) is 6.20 Å². The van der Waals surface area contributed by atoms with Gasteiger partial charge >= 0.3 is 7.12 Å². The van der Waals surface area contributed by atoms with Gasteiger partial charge in [-0.2, -0.15) is 5.10 Å². The van der Waals surface area contributed by atoms with Crippen LogP contribution in [0.25, 0.3) is 0 Å². The van der Waals surface area contributed by atoms with Crippen molar-refractivity contribution in [3.05, 3.63) is 12.4 Å². The molecule has 1 aliphatic heterocycles. The van der Waals surface area contributed by atoms with Gasteiger partial charge in [0.2, 0.25) is 0 Å². The summed E-state index contributed by atoms with van der Waals surface area (Å²) >= 11 is 0. The summed E-state index contributed by atoms with van der Waals surface area (Å²) < 4.78 is 27.2. The van der Waals surface area contributed by atoms with Gasteiger partial charge in [-0.3, -0.25) is 4.68 Å². The predicted octanol–water partition coefficient (Wildman–Crippen LogP) is 2.32. The van der Waals surface area contributed by atoms with Gasteiger partial charge in [0.1, 0.15) is 6.17 Å². The summed E-state index contributed by atoms with van der Waals surface area (Å²) in [6.07, 6.45) is 5.43. The maximum absolute atomic E-state index is 13.2. The Morgan fingerprint density at radius 3 is 2.52 bits per heavy atom. The van der Waals surface area contributed by atoms with Gasteiger partial charge in [-0.25, -0.2) is 4.39 Å². The molecule has 21 heavy (non-hydrogen) atoms. The zero-order chi connectivity index (χ0) is 15.3. The molecule has 3 rings (SSSR count). The summed E-state index contributed by atoms with van der Waals surface area (Å²) in [5.74, 6) is 0.394. The van der Waals surface area contributed by atoms with E-state index in [-0.39, 0.29) is 18.3 Å². The molecule has 4 nitrogen and oxygen atoms in total. The summed E-state index contributed by atoms with van der Waals surface area (Å²) in [7, 11) is -0.374. The topological polar surface area (TPSA) is 36.3 Å². The first-order valence-electron chi connectivity index (χ1n) is 7.79. The summed E-state index contributed by atoms with van der Waals surface area (Å²) in [5, 5.41) is 4.38. The van der Waals surface area contributed by atoms with Crippen molar-refractivity contribution < 1.29 is 13.7 Å². The molecule has 1 saturated heterocycles. The van der Waals surface area contributed by atoms with Gasteiger partial charge in [0, 0.05) is 24.4 Å². The second-order valence-electron chi connectivity index (χ2n) is 7.36. The van der Waals surface area contributed by atoms with Gasteiger partial charge in [0.05, 0.1) is 11.2 Å². The lowest BCUT2D eigenvalue weighted by molar-refractivity contribution is 0.00578. The van der Waals surface area contributed by atoms with Gasteiger partial charge < -0.3 is 9.31 Å². The van der Waals surface area contributed by atoms with Crippen LogP contribution in [0.3, 0.4) is 0 Å². The molecule has 2 fully saturated rings. The fourth-order valence-corrected chi connectivity index (χ4v) is 3.02. The molecule has 0 bridgehead atoms. The van der Waals surface area contributed by atoms with Gasteiger partial charge in [-0.1, -0.05) is 0 Å². The van der Waals surface area contributed by atoms with Crippen molar-refractivity contribution in [2.75, 3.05) is 0 Å². The number of hydrogen-bond acceptors (Lipinski definition) is 3. The lowest BCUT2D eigenvalue weighted by atomic mass is 9.82. The van der Waals surface area contributed by atoms with E-state index in [1.807, 2.05) is 38.6 Å². The minimum atomic E-state index is -0.631. The first-order chi connectivity index (χ1) is 9.77. The van der Waals surface area contributed by atoms with Crippen LogP contribution in [0.1, 0.15) is 47.0 Å². The second kappa shape index (κ2) is 5.09. The Kier molecular flexibility index (Phi) is 3.65. The molecule has 2 heterocycles. The third-order valence-electron chi connectivity index (χ3n) is 5.10. The largest absolute Gasteiger partial charge is 0.498 e. The van der Waals surface area contributed by atoms with Crippen LogP contribution in [0.15, 0.2) is 12.4 Å². The van der Waals surface area contributed by atoms with Gasteiger partial charge in [-0.15, -0.1) is 0 Å². The van der Waals surface area contributed by atoms with Crippen molar-refractivity contribution in [3.8, 4) is 0 Å². The van der Waals surface area contributed by atoms with Crippen molar-refractivity contribution in [1.29, 1.82) is 0 Å². The molecule has 116 valence electrons. The van der Waals surface area contributed by atoms with E-state index in [1.165, 1.54) is 0 Å². The normalized spacial score (nSPS) is 31.0. The molecule has 1 saturated carbocycles. The lowest BCUT2D eigenvalue weighted by Crippen LogP contribution is -2.41. The third kappa shape index (κ3) is 2.88. The van der Waals surface area contributed by atoms with E-state index in [4.69, 9.17) is 9.31 Å². The van der Waals surface area contributed by atoms with E-state index in [9.17, 15) is 4.39 Å². The Balaban J connectivity index is 1.66. The predicted molar refractivity (Wildman–Crippen MR) is 80.2 cm³/mol. The van der Waals surface area contributed by atoms with Crippen LogP contribution in [-0.2, 0) is 15.9 Å². The Morgan fingerprint density at radius 2 is 1.95 bits per heavy atom. The highest BCUT2D eigenvalue weighted by molar-refractivity contribution is 6.61. The molecule has 2 aliphatic rings.